The molecule has 0 aliphatic rings. The average molecular weight is 348 g/mol. The van der Waals surface area contributed by atoms with Crippen molar-refractivity contribution in [2.45, 2.75) is 13.0 Å². The Morgan fingerprint density at radius 3 is 2.67 bits per heavy atom. The van der Waals surface area contributed by atoms with E-state index in [0.29, 0.717) is 5.56 Å². The molecule has 0 aliphatic heterocycles. The van der Waals surface area contributed by atoms with Gasteiger partial charge in [0.1, 0.15) is 5.82 Å². The number of hydrogen-bond donors (Lipinski definition) is 1. The smallest absolute Gasteiger partial charge is 0.244 e. The van der Waals surface area contributed by atoms with Gasteiger partial charge in [0, 0.05) is 16.1 Å². The second-order valence-electron chi connectivity index (χ2n) is 4.64. The molecule has 0 fully saturated rings. The van der Waals surface area contributed by atoms with Gasteiger partial charge in [0.2, 0.25) is 5.91 Å². The van der Waals surface area contributed by atoms with Crippen molar-refractivity contribution >= 4 is 27.9 Å². The fraction of sp³-hybridized carbons (Fsp3) is 0.118. The lowest BCUT2D eigenvalue weighted by Crippen LogP contribution is -2.24. The van der Waals surface area contributed by atoms with Crippen LogP contribution >= 0.6 is 15.9 Å². The second-order valence-corrected chi connectivity index (χ2v) is 5.56. The third-order valence-corrected chi connectivity index (χ3v) is 3.52. The zero-order valence-corrected chi connectivity index (χ0v) is 13.1. The first kappa shape index (κ1) is 15.4. The molecule has 2 nitrogen and oxygen atoms in total. The highest BCUT2D eigenvalue weighted by Gasteiger charge is 2.07. The summed E-state index contributed by atoms with van der Waals surface area (Å²) in [6.45, 7) is 1.90. The van der Waals surface area contributed by atoms with E-state index in [9.17, 15) is 9.18 Å². The molecule has 21 heavy (non-hydrogen) atoms. The van der Waals surface area contributed by atoms with Crippen LogP contribution in [0.5, 0.6) is 0 Å². The van der Waals surface area contributed by atoms with E-state index in [0.717, 1.165) is 10.0 Å². The molecule has 1 N–H and O–H groups in total. The van der Waals surface area contributed by atoms with Gasteiger partial charge in [-0.25, -0.2) is 4.39 Å². The van der Waals surface area contributed by atoms with Crippen molar-refractivity contribution in [2.24, 2.45) is 0 Å². The van der Waals surface area contributed by atoms with Crippen LogP contribution in [0.4, 0.5) is 4.39 Å². The summed E-state index contributed by atoms with van der Waals surface area (Å²) in [5.74, 6) is -0.621. The lowest BCUT2D eigenvalue weighted by Gasteiger charge is -2.12. The molecular formula is C17H15BrFNO. The molecule has 0 radical (unpaired) electrons. The first-order chi connectivity index (χ1) is 10.1. The quantitative estimate of drug-likeness (QED) is 0.811. The summed E-state index contributed by atoms with van der Waals surface area (Å²) >= 11 is 3.27. The van der Waals surface area contributed by atoms with Crippen molar-refractivity contribution in [3.8, 4) is 0 Å². The Morgan fingerprint density at radius 1 is 1.24 bits per heavy atom. The molecule has 1 amide bonds. The van der Waals surface area contributed by atoms with Gasteiger partial charge >= 0.3 is 0 Å². The summed E-state index contributed by atoms with van der Waals surface area (Å²) < 4.78 is 14.3. The van der Waals surface area contributed by atoms with Crippen LogP contribution in [0.2, 0.25) is 0 Å². The number of amides is 1. The second kappa shape index (κ2) is 7.18. The third-order valence-electron chi connectivity index (χ3n) is 3.03. The number of carbonyl (C=O) groups is 1. The Morgan fingerprint density at radius 2 is 1.95 bits per heavy atom. The van der Waals surface area contributed by atoms with Gasteiger partial charge in [-0.1, -0.05) is 46.3 Å². The number of hydrogen-bond acceptors (Lipinski definition) is 1. The number of rotatable bonds is 4. The number of benzene rings is 2. The first-order valence-electron chi connectivity index (χ1n) is 6.55. The molecule has 4 heteroatoms. The van der Waals surface area contributed by atoms with E-state index in [1.165, 1.54) is 18.2 Å². The van der Waals surface area contributed by atoms with Gasteiger partial charge in [0.05, 0.1) is 6.04 Å². The topological polar surface area (TPSA) is 29.1 Å². The molecule has 0 bridgehead atoms. The van der Waals surface area contributed by atoms with Crippen molar-refractivity contribution < 1.29 is 9.18 Å². The Balaban J connectivity index is 2.01. The van der Waals surface area contributed by atoms with Crippen molar-refractivity contribution in [1.29, 1.82) is 0 Å². The van der Waals surface area contributed by atoms with Crippen LogP contribution in [0, 0.1) is 5.82 Å². The maximum Gasteiger partial charge on any atom is 0.244 e. The number of halogens is 2. The van der Waals surface area contributed by atoms with E-state index in [4.69, 9.17) is 0 Å². The van der Waals surface area contributed by atoms with Gasteiger partial charge in [0.15, 0.2) is 0 Å². The van der Waals surface area contributed by atoms with Gasteiger partial charge in [-0.2, -0.15) is 0 Å². The fourth-order valence-electron chi connectivity index (χ4n) is 1.89. The van der Waals surface area contributed by atoms with E-state index in [1.807, 2.05) is 37.3 Å². The summed E-state index contributed by atoms with van der Waals surface area (Å²) in [5.41, 5.74) is 1.39. The highest BCUT2D eigenvalue weighted by molar-refractivity contribution is 9.10. The van der Waals surface area contributed by atoms with E-state index in [2.05, 4.69) is 21.2 Å². The normalized spacial score (nSPS) is 12.3. The van der Waals surface area contributed by atoms with Crippen LogP contribution in [-0.2, 0) is 4.79 Å². The molecule has 0 saturated carbocycles. The zero-order valence-electron chi connectivity index (χ0n) is 11.5. The largest absolute Gasteiger partial charge is 0.346 e. The SMILES string of the molecule is C[C@@H](NC(=O)/C=C/c1cc(Br)ccc1F)c1ccccc1. The maximum atomic E-state index is 13.5. The third kappa shape index (κ3) is 4.53. The van der Waals surface area contributed by atoms with Gasteiger partial charge < -0.3 is 5.32 Å². The van der Waals surface area contributed by atoms with Gasteiger partial charge in [-0.15, -0.1) is 0 Å². The van der Waals surface area contributed by atoms with Gasteiger partial charge in [-0.3, -0.25) is 4.79 Å². The minimum Gasteiger partial charge on any atom is -0.346 e. The van der Waals surface area contributed by atoms with Crippen LogP contribution in [0.3, 0.4) is 0 Å². The highest BCUT2D eigenvalue weighted by Crippen LogP contribution is 2.17. The molecule has 0 unspecified atom stereocenters. The molecule has 108 valence electrons. The van der Waals surface area contributed by atoms with Crippen molar-refractivity contribution in [1.82, 2.24) is 5.32 Å². The molecular weight excluding hydrogens is 333 g/mol. The highest BCUT2D eigenvalue weighted by atomic mass is 79.9. The zero-order chi connectivity index (χ0) is 15.2. The Bertz CT molecular complexity index is 655. The van der Waals surface area contributed by atoms with Gasteiger partial charge in [0.25, 0.3) is 0 Å². The number of nitrogens with one attached hydrogen (secondary N) is 1. The van der Waals surface area contributed by atoms with Crippen LogP contribution in [0.25, 0.3) is 6.08 Å². The molecule has 1 atom stereocenters. The first-order valence-corrected chi connectivity index (χ1v) is 7.34. The molecule has 2 aromatic rings. The van der Waals surface area contributed by atoms with Crippen molar-refractivity contribution in [2.75, 3.05) is 0 Å². The minimum absolute atomic E-state index is 0.101. The summed E-state index contributed by atoms with van der Waals surface area (Å²) in [5, 5.41) is 2.84. The Labute approximate surface area is 131 Å². The molecule has 0 aromatic heterocycles. The predicted molar refractivity (Wildman–Crippen MR) is 86.1 cm³/mol. The molecule has 0 heterocycles. The Kier molecular flexibility index (Phi) is 5.28. The van der Waals surface area contributed by atoms with E-state index in [1.54, 1.807) is 12.1 Å². The number of carbonyl (C=O) groups excluding carboxylic acids is 1. The summed E-state index contributed by atoms with van der Waals surface area (Å²) in [6.07, 6.45) is 2.80. The van der Waals surface area contributed by atoms with Crippen LogP contribution in [-0.4, -0.2) is 5.91 Å². The predicted octanol–water partition coefficient (Wildman–Crippen LogP) is 4.48. The average Bonchev–Trinajstić information content (AvgIpc) is 2.49. The summed E-state index contributed by atoms with van der Waals surface area (Å²) in [6, 6.07) is 14.2. The van der Waals surface area contributed by atoms with Crippen LogP contribution in [0.15, 0.2) is 59.1 Å². The fourth-order valence-corrected chi connectivity index (χ4v) is 2.27. The molecule has 2 rings (SSSR count). The monoisotopic (exact) mass is 347 g/mol. The van der Waals surface area contributed by atoms with Gasteiger partial charge in [-0.05, 0) is 36.8 Å². The lowest BCUT2D eigenvalue weighted by molar-refractivity contribution is -0.117. The molecule has 2 aromatic carbocycles. The van der Waals surface area contributed by atoms with Crippen LogP contribution < -0.4 is 5.32 Å². The lowest BCUT2D eigenvalue weighted by atomic mass is 10.1. The van der Waals surface area contributed by atoms with E-state index in [-0.39, 0.29) is 17.8 Å². The van der Waals surface area contributed by atoms with Crippen molar-refractivity contribution in [3.63, 3.8) is 0 Å². The molecule has 0 saturated heterocycles. The standard InChI is InChI=1S/C17H15BrFNO/c1-12(13-5-3-2-4-6-13)20-17(21)10-7-14-11-15(18)8-9-16(14)19/h2-12H,1H3,(H,20,21)/b10-7+/t12-/m1/s1. The van der Waals surface area contributed by atoms with Crippen molar-refractivity contribution in [3.05, 3.63) is 76.0 Å². The van der Waals surface area contributed by atoms with E-state index < -0.39 is 0 Å². The molecule has 0 spiro atoms. The minimum atomic E-state index is -0.363. The molecule has 0 aliphatic carbocycles. The maximum absolute atomic E-state index is 13.5. The Hall–Kier alpha value is -1.94. The van der Waals surface area contributed by atoms with Crippen LogP contribution in [0.1, 0.15) is 24.1 Å². The summed E-state index contributed by atoms with van der Waals surface area (Å²) in [4.78, 5) is 11.9. The summed E-state index contributed by atoms with van der Waals surface area (Å²) in [7, 11) is 0. The van der Waals surface area contributed by atoms with E-state index >= 15 is 0 Å².